The number of rotatable bonds is 4. The van der Waals surface area contributed by atoms with Gasteiger partial charge in [-0.3, -0.25) is 4.79 Å². The molecule has 1 saturated heterocycles. The Balaban J connectivity index is 2.04. The lowest BCUT2D eigenvalue weighted by molar-refractivity contribution is -0.136. The maximum atomic E-state index is 12.5. The molecule has 0 radical (unpaired) electrons. The topological polar surface area (TPSA) is 92.9 Å². The number of sulfonamides is 1. The number of nitrogens with two attached hydrogens (primary N) is 1. The molecule has 1 aliphatic rings. The van der Waals surface area contributed by atoms with Gasteiger partial charge in [0.15, 0.2) is 0 Å². The van der Waals surface area contributed by atoms with Crippen LogP contribution in [0, 0.1) is 0 Å². The molecule has 0 aliphatic carbocycles. The first-order valence-electron chi connectivity index (χ1n) is 6.57. The molecule has 8 heteroatoms. The number of benzene rings is 1. The minimum absolute atomic E-state index is 0.0186. The summed E-state index contributed by atoms with van der Waals surface area (Å²) in [5.41, 5.74) is 6.08. The van der Waals surface area contributed by atoms with Crippen LogP contribution < -0.4 is 5.73 Å². The molecular weight excluding hydrogens is 294 g/mol. The normalized spacial score (nSPS) is 16.9. The van der Waals surface area contributed by atoms with E-state index in [0.717, 1.165) is 0 Å². The van der Waals surface area contributed by atoms with Crippen molar-refractivity contribution in [2.75, 3.05) is 45.6 Å². The van der Waals surface area contributed by atoms with E-state index in [1.54, 1.807) is 17.0 Å². The molecule has 0 aromatic heterocycles. The van der Waals surface area contributed by atoms with E-state index in [4.69, 9.17) is 10.5 Å². The average molecular weight is 313 g/mol. The zero-order chi connectivity index (χ0) is 15.5. The number of piperazine rings is 1. The van der Waals surface area contributed by atoms with Crippen molar-refractivity contribution >= 4 is 21.6 Å². The molecule has 7 nitrogen and oxygen atoms in total. The van der Waals surface area contributed by atoms with E-state index >= 15 is 0 Å². The summed E-state index contributed by atoms with van der Waals surface area (Å²) >= 11 is 0. The summed E-state index contributed by atoms with van der Waals surface area (Å²) in [6.45, 7) is 1.32. The van der Waals surface area contributed by atoms with Gasteiger partial charge in [-0.25, -0.2) is 8.42 Å². The van der Waals surface area contributed by atoms with Crippen molar-refractivity contribution in [2.24, 2.45) is 0 Å². The molecule has 0 bridgehead atoms. The van der Waals surface area contributed by atoms with Crippen molar-refractivity contribution in [1.82, 2.24) is 9.21 Å². The fraction of sp³-hybridized carbons (Fsp3) is 0.462. The lowest BCUT2D eigenvalue weighted by Crippen LogP contribution is -2.51. The van der Waals surface area contributed by atoms with Crippen molar-refractivity contribution in [3.8, 4) is 0 Å². The predicted molar refractivity (Wildman–Crippen MR) is 78.1 cm³/mol. The van der Waals surface area contributed by atoms with Gasteiger partial charge in [0.1, 0.15) is 6.61 Å². The summed E-state index contributed by atoms with van der Waals surface area (Å²) in [4.78, 5) is 13.5. The Labute approximate surface area is 124 Å². The Morgan fingerprint density at radius 1 is 1.19 bits per heavy atom. The van der Waals surface area contributed by atoms with Crippen LogP contribution in [0.1, 0.15) is 0 Å². The van der Waals surface area contributed by atoms with E-state index in [0.29, 0.717) is 18.8 Å². The van der Waals surface area contributed by atoms with Crippen LogP contribution in [0.2, 0.25) is 0 Å². The van der Waals surface area contributed by atoms with Crippen molar-refractivity contribution in [3.05, 3.63) is 24.3 Å². The molecule has 1 aromatic carbocycles. The second kappa shape index (κ2) is 6.42. The molecule has 0 atom stereocenters. The summed E-state index contributed by atoms with van der Waals surface area (Å²) in [6.07, 6.45) is 0. The second-order valence-electron chi connectivity index (χ2n) is 4.79. The molecule has 1 fully saturated rings. The highest BCUT2D eigenvalue weighted by Gasteiger charge is 2.29. The summed E-state index contributed by atoms with van der Waals surface area (Å²) in [6, 6.07) is 6.11. The van der Waals surface area contributed by atoms with Crippen molar-refractivity contribution in [1.29, 1.82) is 0 Å². The molecule has 0 unspecified atom stereocenters. The van der Waals surface area contributed by atoms with Gasteiger partial charge in [0.05, 0.1) is 4.90 Å². The molecule has 1 amide bonds. The number of nitrogen functional groups attached to an aromatic ring is 1. The molecule has 116 valence electrons. The number of nitrogens with zero attached hydrogens (tertiary/aromatic N) is 2. The number of methoxy groups -OCH3 is 1. The lowest BCUT2D eigenvalue weighted by atomic mass is 10.3. The average Bonchev–Trinajstić information content (AvgIpc) is 2.48. The van der Waals surface area contributed by atoms with E-state index < -0.39 is 10.0 Å². The van der Waals surface area contributed by atoms with Gasteiger partial charge < -0.3 is 15.4 Å². The smallest absolute Gasteiger partial charge is 0.248 e. The Kier molecular flexibility index (Phi) is 4.81. The molecule has 1 aromatic rings. The lowest BCUT2D eigenvalue weighted by Gasteiger charge is -2.33. The second-order valence-corrected chi connectivity index (χ2v) is 6.72. The van der Waals surface area contributed by atoms with E-state index in [1.165, 1.54) is 23.5 Å². The van der Waals surface area contributed by atoms with Crippen molar-refractivity contribution < 1.29 is 17.9 Å². The van der Waals surface area contributed by atoms with Gasteiger partial charge in [0.2, 0.25) is 15.9 Å². The summed E-state index contributed by atoms with van der Waals surface area (Å²) in [5, 5.41) is 0. The monoisotopic (exact) mass is 313 g/mol. The first-order chi connectivity index (χ1) is 9.95. The van der Waals surface area contributed by atoms with Crippen LogP contribution in [0.15, 0.2) is 29.2 Å². The minimum atomic E-state index is -3.53. The summed E-state index contributed by atoms with van der Waals surface area (Å²) in [5.74, 6) is -0.123. The Hall–Kier alpha value is -1.64. The van der Waals surface area contributed by atoms with E-state index in [9.17, 15) is 13.2 Å². The highest BCUT2D eigenvalue weighted by Crippen LogP contribution is 2.18. The zero-order valence-corrected chi connectivity index (χ0v) is 12.7. The van der Waals surface area contributed by atoms with Gasteiger partial charge >= 0.3 is 0 Å². The Bertz CT molecular complexity index is 592. The number of carbonyl (C=O) groups excluding carboxylic acids is 1. The van der Waals surface area contributed by atoms with Gasteiger partial charge in [-0.05, 0) is 24.3 Å². The number of anilines is 1. The standard InChI is InChI=1S/C13H19N3O4S/c1-20-10-13(17)15-6-8-16(9-7-15)21(18,19)12-4-2-11(14)3-5-12/h2-5H,6-10,14H2,1H3. The van der Waals surface area contributed by atoms with Crippen LogP contribution in [0.25, 0.3) is 0 Å². The molecular formula is C13H19N3O4S. The fourth-order valence-electron chi connectivity index (χ4n) is 2.18. The Morgan fingerprint density at radius 3 is 2.29 bits per heavy atom. The van der Waals surface area contributed by atoms with Crippen molar-refractivity contribution in [2.45, 2.75) is 4.90 Å². The number of amides is 1. The maximum Gasteiger partial charge on any atom is 0.248 e. The van der Waals surface area contributed by atoms with Crippen LogP contribution in [0.4, 0.5) is 5.69 Å². The first kappa shape index (κ1) is 15.7. The van der Waals surface area contributed by atoms with Crippen LogP contribution in [0.5, 0.6) is 0 Å². The van der Waals surface area contributed by atoms with E-state index in [-0.39, 0.29) is 30.5 Å². The number of carbonyl (C=O) groups is 1. The zero-order valence-electron chi connectivity index (χ0n) is 11.9. The van der Waals surface area contributed by atoms with Gasteiger partial charge in [0, 0.05) is 39.0 Å². The van der Waals surface area contributed by atoms with Gasteiger partial charge in [-0.1, -0.05) is 0 Å². The van der Waals surface area contributed by atoms with Crippen LogP contribution in [0.3, 0.4) is 0 Å². The number of hydrogen-bond donors (Lipinski definition) is 1. The van der Waals surface area contributed by atoms with E-state index in [2.05, 4.69) is 0 Å². The highest BCUT2D eigenvalue weighted by atomic mass is 32.2. The SMILES string of the molecule is COCC(=O)N1CCN(S(=O)(=O)c2ccc(N)cc2)CC1. The third kappa shape index (κ3) is 3.52. The van der Waals surface area contributed by atoms with Gasteiger partial charge in [-0.2, -0.15) is 4.31 Å². The maximum absolute atomic E-state index is 12.5. The summed E-state index contributed by atoms with van der Waals surface area (Å²) in [7, 11) is -2.07. The van der Waals surface area contributed by atoms with Crippen LogP contribution in [-0.4, -0.2) is 63.4 Å². The Morgan fingerprint density at radius 2 is 1.76 bits per heavy atom. The third-order valence-corrected chi connectivity index (χ3v) is 5.29. The largest absolute Gasteiger partial charge is 0.399 e. The molecule has 1 aliphatic heterocycles. The quantitative estimate of drug-likeness (QED) is 0.774. The van der Waals surface area contributed by atoms with Crippen LogP contribution in [-0.2, 0) is 19.6 Å². The van der Waals surface area contributed by atoms with Crippen LogP contribution >= 0.6 is 0 Å². The molecule has 0 saturated carbocycles. The summed E-state index contributed by atoms with van der Waals surface area (Å²) < 4.78 is 31.1. The molecule has 1 heterocycles. The highest BCUT2D eigenvalue weighted by molar-refractivity contribution is 7.89. The molecule has 2 N–H and O–H groups in total. The van der Waals surface area contributed by atoms with Crippen molar-refractivity contribution in [3.63, 3.8) is 0 Å². The predicted octanol–water partition coefficient (Wildman–Crippen LogP) is -0.252. The van der Waals surface area contributed by atoms with Gasteiger partial charge in [-0.15, -0.1) is 0 Å². The number of ether oxygens (including phenoxy) is 1. The van der Waals surface area contributed by atoms with E-state index in [1.807, 2.05) is 0 Å². The third-order valence-electron chi connectivity index (χ3n) is 3.38. The van der Waals surface area contributed by atoms with Gasteiger partial charge in [0.25, 0.3) is 0 Å². The first-order valence-corrected chi connectivity index (χ1v) is 8.01. The molecule has 21 heavy (non-hydrogen) atoms. The number of hydrogen-bond acceptors (Lipinski definition) is 5. The molecule has 2 rings (SSSR count). The molecule has 0 spiro atoms. The fourth-order valence-corrected chi connectivity index (χ4v) is 3.60. The minimum Gasteiger partial charge on any atom is -0.399 e.